The standard InChI is InChI=1S/C52H60N6O6/c1-31-37(7-5-9-41(31)57-45(59)43-23-39(33-11-12-33)35(25-53-43)27-55-51-19-15-49(29-51,16-20-51)47(61)63-3)38-8-6-10-42(32(38)2)58-46(60)44-24-40(34-13-14-34)36(26-54-44)28-56-52-21-17-50(30-52,18-22-52)48(62)64-4/h5-10,23-26,33-34,55-56H,11-22,27-30H2,1-4H3,(H,57,59)(H,58,60). The van der Waals surface area contributed by atoms with E-state index in [1.807, 2.05) is 74.8 Å². The molecular weight excluding hydrogens is 805 g/mol. The lowest BCUT2D eigenvalue weighted by molar-refractivity contribution is -0.153. The number of anilines is 2. The van der Waals surface area contributed by atoms with Crippen molar-refractivity contribution in [3.8, 4) is 11.1 Å². The van der Waals surface area contributed by atoms with Crippen molar-refractivity contribution in [3.63, 3.8) is 0 Å². The van der Waals surface area contributed by atoms with Crippen LogP contribution >= 0.6 is 0 Å². The van der Waals surface area contributed by atoms with Gasteiger partial charge in [0.05, 0.1) is 25.0 Å². The van der Waals surface area contributed by atoms with Gasteiger partial charge in [-0.3, -0.25) is 29.1 Å². The second-order valence-electron chi connectivity index (χ2n) is 20.1. The Morgan fingerprint density at radius 1 is 0.594 bits per heavy atom. The fraction of sp³-hybridized carbons (Fsp3) is 0.500. The summed E-state index contributed by atoms with van der Waals surface area (Å²) in [5.74, 6) is 0.164. The van der Waals surface area contributed by atoms with Crippen LogP contribution in [0.4, 0.5) is 11.4 Å². The second-order valence-corrected chi connectivity index (χ2v) is 20.1. The van der Waals surface area contributed by atoms with E-state index in [2.05, 4.69) is 31.2 Å². The molecule has 0 spiro atoms. The predicted octanol–water partition coefficient (Wildman–Crippen LogP) is 8.95. The Bertz CT molecular complexity index is 2370. The first-order valence-corrected chi connectivity index (χ1v) is 23.3. The van der Waals surface area contributed by atoms with Crippen molar-refractivity contribution < 1.29 is 28.7 Å². The molecule has 334 valence electrons. The largest absolute Gasteiger partial charge is 0.469 e. The highest BCUT2D eigenvalue weighted by molar-refractivity contribution is 6.05. The first-order valence-electron chi connectivity index (χ1n) is 23.3. The zero-order valence-electron chi connectivity index (χ0n) is 37.6. The summed E-state index contributed by atoms with van der Waals surface area (Å²) in [4.78, 5) is 62.2. The summed E-state index contributed by atoms with van der Waals surface area (Å²) in [6, 6.07) is 15.7. The average Bonchev–Trinajstić information content (AvgIpc) is 4.22. The number of carbonyl (C=O) groups excluding carboxylic acids is 4. The number of carbonyl (C=O) groups is 4. The van der Waals surface area contributed by atoms with Gasteiger partial charge in [-0.15, -0.1) is 0 Å². The molecule has 0 saturated heterocycles. The van der Waals surface area contributed by atoms with Gasteiger partial charge in [-0.25, -0.2) is 0 Å². The van der Waals surface area contributed by atoms with Gasteiger partial charge >= 0.3 is 11.9 Å². The molecule has 12 heteroatoms. The van der Waals surface area contributed by atoms with Crippen LogP contribution in [0.25, 0.3) is 11.1 Å². The Morgan fingerprint density at radius 2 is 0.984 bits per heavy atom. The topological polar surface area (TPSA) is 161 Å². The molecule has 4 bridgehead atoms. The lowest BCUT2D eigenvalue weighted by Crippen LogP contribution is -2.40. The fourth-order valence-electron chi connectivity index (χ4n) is 12.0. The third-order valence-corrected chi connectivity index (χ3v) is 16.2. The van der Waals surface area contributed by atoms with Crippen LogP contribution in [0.1, 0.15) is 156 Å². The van der Waals surface area contributed by atoms with Crippen molar-refractivity contribution in [2.45, 2.75) is 140 Å². The maximum atomic E-state index is 13.9. The number of rotatable bonds is 15. The van der Waals surface area contributed by atoms with Crippen molar-refractivity contribution >= 4 is 35.1 Å². The van der Waals surface area contributed by atoms with E-state index in [1.54, 1.807) is 0 Å². The zero-order valence-corrected chi connectivity index (χ0v) is 37.6. The Morgan fingerprint density at radius 3 is 1.34 bits per heavy atom. The lowest BCUT2D eigenvalue weighted by Gasteiger charge is -2.28. The van der Waals surface area contributed by atoms with Crippen molar-refractivity contribution in [2.24, 2.45) is 10.8 Å². The maximum Gasteiger partial charge on any atom is 0.311 e. The van der Waals surface area contributed by atoms with Crippen LogP contribution < -0.4 is 21.3 Å². The monoisotopic (exact) mass is 864 g/mol. The number of nitrogens with one attached hydrogen (secondary N) is 4. The molecule has 10 rings (SSSR count). The van der Waals surface area contributed by atoms with E-state index in [4.69, 9.17) is 9.47 Å². The summed E-state index contributed by atoms with van der Waals surface area (Å²) in [6.07, 6.45) is 17.0. The molecule has 6 aliphatic rings. The molecule has 0 unspecified atom stereocenters. The number of fused-ring (bicyclic) bond motifs is 4. The van der Waals surface area contributed by atoms with Crippen LogP contribution in [-0.4, -0.2) is 59.0 Å². The normalized spacial score (nSPS) is 26.5. The van der Waals surface area contributed by atoms with Gasteiger partial charge in [-0.05, 0) is 184 Å². The van der Waals surface area contributed by atoms with Crippen LogP contribution in [0, 0.1) is 24.7 Å². The van der Waals surface area contributed by atoms with Gasteiger partial charge in [0.25, 0.3) is 11.8 Å². The summed E-state index contributed by atoms with van der Waals surface area (Å²) in [5, 5.41) is 13.9. The van der Waals surface area contributed by atoms with Crippen LogP contribution in [0.3, 0.4) is 0 Å². The van der Waals surface area contributed by atoms with E-state index in [0.717, 1.165) is 123 Å². The third-order valence-electron chi connectivity index (χ3n) is 16.2. The number of nitrogens with zero attached hydrogens (tertiary/aromatic N) is 2. The Balaban J connectivity index is 0.806. The molecule has 6 aliphatic carbocycles. The van der Waals surface area contributed by atoms with Crippen molar-refractivity contribution in [1.82, 2.24) is 20.6 Å². The van der Waals surface area contributed by atoms with Crippen LogP contribution in [0.2, 0.25) is 0 Å². The molecule has 2 aromatic heterocycles. The second kappa shape index (κ2) is 16.2. The van der Waals surface area contributed by atoms with Gasteiger partial charge < -0.3 is 30.7 Å². The molecule has 12 nitrogen and oxygen atoms in total. The minimum absolute atomic E-state index is 0.0616. The van der Waals surface area contributed by atoms with Gasteiger partial charge in [0, 0.05) is 47.9 Å². The zero-order chi connectivity index (χ0) is 44.4. The van der Waals surface area contributed by atoms with Gasteiger partial charge in [0.1, 0.15) is 11.4 Å². The number of pyridine rings is 2. The molecule has 2 aromatic carbocycles. The van der Waals surface area contributed by atoms with Gasteiger partial charge in [-0.1, -0.05) is 24.3 Å². The molecule has 0 atom stereocenters. The molecule has 2 amide bonds. The van der Waals surface area contributed by atoms with Crippen molar-refractivity contribution in [3.05, 3.63) is 106 Å². The van der Waals surface area contributed by atoms with E-state index in [9.17, 15) is 19.2 Å². The quantitative estimate of drug-likeness (QED) is 0.0850. The molecule has 6 fully saturated rings. The Labute approximate surface area is 375 Å². The molecule has 2 heterocycles. The smallest absolute Gasteiger partial charge is 0.311 e. The van der Waals surface area contributed by atoms with Crippen LogP contribution in [0.15, 0.2) is 60.9 Å². The predicted molar refractivity (Wildman–Crippen MR) is 244 cm³/mol. The lowest BCUT2D eigenvalue weighted by atomic mass is 9.84. The SMILES string of the molecule is COC(=O)C12CCC(NCc3cnc(C(=O)Nc4cccc(-c5cccc(NC(=O)c6cc(C7CC7)c(CNC78CCC(C(=O)OC)(CC7)C8)cn6)c5C)c4C)cc3C3CC3)(CC1)C2. The minimum Gasteiger partial charge on any atom is -0.469 e. The highest BCUT2D eigenvalue weighted by Gasteiger charge is 2.59. The first kappa shape index (κ1) is 42.5. The molecule has 0 aliphatic heterocycles. The minimum atomic E-state index is -0.353. The van der Waals surface area contributed by atoms with Crippen LogP contribution in [0.5, 0.6) is 0 Å². The number of ether oxygens (including phenoxy) is 2. The highest BCUT2D eigenvalue weighted by atomic mass is 16.5. The number of hydrogen-bond acceptors (Lipinski definition) is 10. The number of esters is 2. The molecule has 4 aromatic rings. The summed E-state index contributed by atoms with van der Waals surface area (Å²) < 4.78 is 10.3. The highest BCUT2D eigenvalue weighted by Crippen LogP contribution is 2.58. The number of aromatic nitrogens is 2. The number of methoxy groups -OCH3 is 2. The number of hydrogen-bond donors (Lipinski definition) is 4. The first-order chi connectivity index (χ1) is 30.9. The third kappa shape index (κ3) is 7.70. The molecule has 4 N–H and O–H groups in total. The van der Waals surface area contributed by atoms with E-state index in [0.29, 0.717) is 47.7 Å². The summed E-state index contributed by atoms with van der Waals surface area (Å²) in [5.41, 5.74) is 9.63. The number of amides is 2. The van der Waals surface area contributed by atoms with Gasteiger partial charge in [-0.2, -0.15) is 0 Å². The average molecular weight is 865 g/mol. The van der Waals surface area contributed by atoms with Gasteiger partial charge in [0.15, 0.2) is 0 Å². The Hall–Kier alpha value is -5.46. The summed E-state index contributed by atoms with van der Waals surface area (Å²) in [6.45, 7) is 5.32. The molecule has 0 radical (unpaired) electrons. The fourth-order valence-corrected chi connectivity index (χ4v) is 12.0. The summed E-state index contributed by atoms with van der Waals surface area (Å²) in [7, 11) is 2.98. The van der Waals surface area contributed by atoms with Crippen molar-refractivity contribution in [1.29, 1.82) is 0 Å². The van der Waals surface area contributed by atoms with Crippen LogP contribution in [-0.2, 0) is 32.2 Å². The molecule has 64 heavy (non-hydrogen) atoms. The Kier molecular flexibility index (Phi) is 10.8. The van der Waals surface area contributed by atoms with Crippen molar-refractivity contribution in [2.75, 3.05) is 24.9 Å². The molecule has 6 saturated carbocycles. The number of benzene rings is 2. The van der Waals surface area contributed by atoms with E-state index in [1.165, 1.54) is 25.3 Å². The van der Waals surface area contributed by atoms with E-state index < -0.39 is 0 Å². The van der Waals surface area contributed by atoms with Gasteiger partial charge in [0.2, 0.25) is 0 Å². The molecular formula is C52H60N6O6. The van der Waals surface area contributed by atoms with E-state index in [-0.39, 0.29) is 45.7 Å². The maximum absolute atomic E-state index is 13.9. The van der Waals surface area contributed by atoms with E-state index >= 15 is 0 Å². The summed E-state index contributed by atoms with van der Waals surface area (Å²) >= 11 is 0.